The largest absolute Gasteiger partial charge is 0.480 e. The zero-order valence-electron chi connectivity index (χ0n) is 52.9. The Morgan fingerprint density at radius 1 is 0.729 bits per heavy atom. The highest BCUT2D eigenvalue weighted by molar-refractivity contribution is 7.86. The lowest BCUT2D eigenvalue weighted by molar-refractivity contribution is -0.438. The molecule has 0 radical (unpaired) electrons. The summed E-state index contributed by atoms with van der Waals surface area (Å²) < 4.78 is 138. The highest BCUT2D eigenvalue weighted by Gasteiger charge is 2.45. The summed E-state index contributed by atoms with van der Waals surface area (Å²) in [7, 11) is -17.8. The van der Waals surface area contributed by atoms with Gasteiger partial charge in [-0.25, -0.2) is 14.8 Å². The standard InChI is InChI=1S/C65H74N10O17S4/c1-64(2)49-36-47(95(87,88)89)25-27-52(49)74(32-7-9-34-93(81,82)83)54(64)29-21-40-12-11-13-41(22-30-55-65(3,4)50-37-48(96(90,91)92)26-28-53(50)75(55)33-8-10-35-94(84,85)86)56(40)42-15-17-43(18-16-42)59(76)67-31-6-5-14-51(62(79)80)71-60(77)44-19-23-45(24-20-44)68-38-46-39-69-58-57(70-46)61(78)73-63(66)72-58/h15-30,36-37,39,51H,5-14,31-35,38H2,1-4H3,(H10-,66,67,68,69,71,72,73,76,77,78,79,80,81,82,83,84,85,86,87,88,89,90,91,92)/p+1. The van der Waals surface area contributed by atoms with Crippen LogP contribution in [0.1, 0.15) is 135 Å². The number of nitrogen functional groups attached to an aromatic ring is 1. The highest BCUT2D eigenvalue weighted by atomic mass is 32.2. The lowest BCUT2D eigenvalue weighted by Gasteiger charge is -2.28. The lowest BCUT2D eigenvalue weighted by Crippen LogP contribution is -2.40. The van der Waals surface area contributed by atoms with E-state index in [1.807, 2.05) is 73.6 Å². The Morgan fingerprint density at radius 3 is 2.02 bits per heavy atom. The number of carbonyl (C=O) groups excluding carboxylic acids is 2. The average Bonchev–Trinajstić information content (AvgIpc) is 1.59. The number of rotatable bonds is 28. The van der Waals surface area contributed by atoms with Crippen LogP contribution in [-0.2, 0) is 62.6 Å². The zero-order chi connectivity index (χ0) is 69.7. The van der Waals surface area contributed by atoms with Crippen LogP contribution in [0.3, 0.4) is 0 Å². The molecule has 1 atom stereocenters. The first kappa shape index (κ1) is 71.5. The van der Waals surface area contributed by atoms with Crippen LogP contribution < -0.4 is 32.1 Å². The number of aromatic nitrogens is 4. The third-order valence-corrected chi connectivity index (χ3v) is 20.5. The van der Waals surface area contributed by atoms with Crippen molar-refractivity contribution in [1.82, 2.24) is 30.6 Å². The minimum Gasteiger partial charge on any atom is -0.480 e. The molecule has 0 fully saturated rings. The number of carboxylic acid groups (broad SMARTS) is 1. The molecule has 4 heterocycles. The van der Waals surface area contributed by atoms with Crippen LogP contribution >= 0.6 is 0 Å². The third kappa shape index (κ3) is 17.2. The Balaban J connectivity index is 0.951. The molecule has 0 bridgehead atoms. The van der Waals surface area contributed by atoms with E-state index in [0.29, 0.717) is 95.8 Å². The van der Waals surface area contributed by atoms with Crippen molar-refractivity contribution in [2.75, 3.05) is 47.1 Å². The lowest BCUT2D eigenvalue weighted by atomic mass is 9.79. The van der Waals surface area contributed by atoms with Gasteiger partial charge < -0.3 is 31.7 Å². The summed E-state index contributed by atoms with van der Waals surface area (Å²) in [6.07, 6.45) is 12.6. The molecule has 0 spiro atoms. The maximum atomic E-state index is 13.8. The van der Waals surface area contributed by atoms with Crippen molar-refractivity contribution in [2.45, 2.75) is 125 Å². The van der Waals surface area contributed by atoms with Gasteiger partial charge in [-0.2, -0.15) is 43.2 Å². The van der Waals surface area contributed by atoms with E-state index in [2.05, 4.69) is 35.9 Å². The van der Waals surface area contributed by atoms with Crippen LogP contribution in [0.2, 0.25) is 0 Å². The van der Waals surface area contributed by atoms with Crippen LogP contribution in [0.15, 0.2) is 147 Å². The maximum Gasteiger partial charge on any atom is 0.326 e. The van der Waals surface area contributed by atoms with E-state index in [1.54, 1.807) is 36.4 Å². The second-order valence-corrected chi connectivity index (χ2v) is 30.7. The molecule has 31 heteroatoms. The summed E-state index contributed by atoms with van der Waals surface area (Å²) in [5.41, 5.74) is 12.1. The number of anilines is 3. The predicted octanol–water partition coefficient (Wildman–Crippen LogP) is 7.70. The van der Waals surface area contributed by atoms with E-state index in [0.717, 1.165) is 22.3 Å². The molecule has 2 aromatic heterocycles. The molecule has 1 unspecified atom stereocenters. The van der Waals surface area contributed by atoms with Crippen molar-refractivity contribution in [3.63, 3.8) is 0 Å². The molecular weight excluding hydrogens is 1320 g/mol. The summed E-state index contributed by atoms with van der Waals surface area (Å²) >= 11 is 0. The molecule has 2 aliphatic heterocycles. The fraction of sp³-hybridized carbons (Fsp3) is 0.354. The SMILES string of the molecule is CC1(C)C(=CC=C2CCCC(C=CC3=[N+](CCCCS(=O)(=O)O)c4ccc(S(=O)(=O)O)cc4C3(C)C)=C2c2ccc(C(=O)NCCCCC(NC(=O)c3ccc(NCc4cnc5nc(N)[nH]c(=O)c5n4)cc3)C(=O)O)cc2)N(CCCCS(=O)(=O)O)c2ccc(S(=O)(=O)O)cc21. The van der Waals surface area contributed by atoms with Gasteiger partial charge in [0.25, 0.3) is 57.8 Å². The van der Waals surface area contributed by atoms with E-state index in [4.69, 9.17) is 5.73 Å². The summed E-state index contributed by atoms with van der Waals surface area (Å²) in [4.78, 5) is 67.7. The van der Waals surface area contributed by atoms with Crippen LogP contribution in [0.5, 0.6) is 0 Å². The van der Waals surface area contributed by atoms with Gasteiger partial charge in [0.2, 0.25) is 11.6 Å². The Labute approximate surface area is 555 Å². The number of H-pyrrole nitrogens is 1. The number of aromatic amines is 1. The van der Waals surface area contributed by atoms with Gasteiger partial charge in [0.05, 0.1) is 45.1 Å². The van der Waals surface area contributed by atoms with Crippen molar-refractivity contribution in [3.8, 4) is 0 Å². The van der Waals surface area contributed by atoms with Crippen molar-refractivity contribution in [2.24, 2.45) is 0 Å². The summed E-state index contributed by atoms with van der Waals surface area (Å²) in [6.45, 7) is 8.48. The van der Waals surface area contributed by atoms with E-state index >= 15 is 0 Å². The van der Waals surface area contributed by atoms with Crippen LogP contribution in [-0.4, -0.2) is 142 Å². The molecule has 11 N–H and O–H groups in total. The molecule has 0 saturated heterocycles. The summed E-state index contributed by atoms with van der Waals surface area (Å²) in [6, 6.07) is 20.6. The van der Waals surface area contributed by atoms with Crippen LogP contribution in [0.4, 0.5) is 23.0 Å². The number of carbonyl (C=O) groups is 3. The monoisotopic (exact) mass is 1400 g/mol. The quantitative estimate of drug-likeness (QED) is 0.0128. The number of carboxylic acids is 1. The maximum absolute atomic E-state index is 13.8. The fourth-order valence-electron chi connectivity index (χ4n) is 12.3. The van der Waals surface area contributed by atoms with Gasteiger partial charge in [-0.1, -0.05) is 38.1 Å². The number of unbranched alkanes of at least 4 members (excludes halogenated alkanes) is 3. The van der Waals surface area contributed by atoms with Gasteiger partial charge in [0.1, 0.15) is 12.6 Å². The fourth-order valence-corrected chi connectivity index (χ4v) is 14.4. The van der Waals surface area contributed by atoms with Crippen LogP contribution in [0, 0.1) is 0 Å². The van der Waals surface area contributed by atoms with Gasteiger partial charge in [-0.05, 0) is 172 Å². The first-order valence-corrected chi connectivity index (χ1v) is 36.9. The second-order valence-electron chi connectivity index (χ2n) is 24.7. The first-order valence-electron chi connectivity index (χ1n) is 30.8. The number of amides is 2. The van der Waals surface area contributed by atoms with Gasteiger partial charge in [-0.15, -0.1) is 0 Å². The first-order chi connectivity index (χ1) is 45.1. The van der Waals surface area contributed by atoms with Crippen molar-refractivity contribution < 1.29 is 75.9 Å². The van der Waals surface area contributed by atoms with E-state index in [-0.39, 0.29) is 77.9 Å². The molecule has 0 saturated carbocycles. The number of nitrogens with two attached hydrogens (primary N) is 1. The Morgan fingerprint density at radius 2 is 1.36 bits per heavy atom. The van der Waals surface area contributed by atoms with E-state index < -0.39 is 92.2 Å². The van der Waals surface area contributed by atoms with Crippen molar-refractivity contribution in [1.29, 1.82) is 0 Å². The number of hydrogen-bond acceptors (Lipinski definition) is 18. The smallest absolute Gasteiger partial charge is 0.326 e. The van der Waals surface area contributed by atoms with Gasteiger partial charge >= 0.3 is 5.97 Å². The molecule has 1 aliphatic carbocycles. The van der Waals surface area contributed by atoms with E-state index in [9.17, 15) is 76.2 Å². The minimum atomic E-state index is -4.61. The number of fused-ring (bicyclic) bond motifs is 3. The van der Waals surface area contributed by atoms with Gasteiger partial charge in [0, 0.05) is 70.8 Å². The van der Waals surface area contributed by atoms with Crippen molar-refractivity contribution in [3.05, 3.63) is 176 Å². The number of nitrogens with one attached hydrogen (secondary N) is 4. The summed E-state index contributed by atoms with van der Waals surface area (Å²) in [5, 5.41) is 18.6. The van der Waals surface area contributed by atoms with Crippen LogP contribution in [0.25, 0.3) is 16.7 Å². The van der Waals surface area contributed by atoms with Gasteiger partial charge in [-0.3, -0.25) is 37.6 Å². The second kappa shape index (κ2) is 28.9. The normalized spacial score (nSPS) is 16.7. The zero-order valence-corrected chi connectivity index (χ0v) is 56.2. The minimum absolute atomic E-state index is 0.0211. The molecular formula is C65H75N10O17S4+. The molecule has 27 nitrogen and oxygen atoms in total. The molecule has 6 aromatic rings. The molecule has 4 aromatic carbocycles. The number of allylic oxidation sites excluding steroid dienone is 8. The number of nitrogens with zero attached hydrogens (tertiary/aromatic N) is 5. The molecule has 96 heavy (non-hydrogen) atoms. The highest BCUT2D eigenvalue weighted by Crippen LogP contribution is 2.49. The van der Waals surface area contributed by atoms with Crippen molar-refractivity contribution >= 4 is 104 Å². The van der Waals surface area contributed by atoms with E-state index in [1.165, 1.54) is 42.6 Å². The molecule has 510 valence electrons. The number of aliphatic carboxylic acids is 1. The Bertz CT molecular complexity index is 4760. The topological polar surface area (TPSA) is 429 Å². The molecule has 9 rings (SSSR count). The summed E-state index contributed by atoms with van der Waals surface area (Å²) in [5.74, 6) is -3.29. The third-order valence-electron chi connectivity index (χ3n) is 17.2. The number of hydrogen-bond donors (Lipinski definition) is 10. The average molecular weight is 1400 g/mol. The van der Waals surface area contributed by atoms with Gasteiger partial charge in [0.15, 0.2) is 16.9 Å². The molecule has 2 amide bonds. The molecule has 3 aliphatic rings. The number of benzene rings is 4. The Hall–Kier alpha value is -8.82. The Kier molecular flexibility index (Phi) is 21.5. The predicted molar refractivity (Wildman–Crippen MR) is 361 cm³/mol.